The summed E-state index contributed by atoms with van der Waals surface area (Å²) in [6.45, 7) is 17.0. The molecule has 4 saturated carbocycles. The van der Waals surface area contributed by atoms with Gasteiger partial charge in [0.15, 0.2) is 18.9 Å². The zero-order valence-electron chi connectivity index (χ0n) is 40.9. The highest BCUT2D eigenvalue weighted by atomic mass is 16.8. The molecule has 2 unspecified atom stereocenters. The molecule has 3 heterocycles. The summed E-state index contributed by atoms with van der Waals surface area (Å²) in [5, 5.41) is 108. The number of esters is 1. The minimum Gasteiger partial charge on any atom is -0.459 e. The SMILES string of the molecule is CCC(C(C)C)C(O)C[C@@H](C)[C@H]1[C@@H](OC(C)=O)[C@@H](O[C@@H]2O[C@@H](C)[C@H](O)[C@@H](O)[C@H]2O)[C@H]2[C@@H]3CC[C@H]4C[C@@H](O[C@H]5O[C@@H](CO)[C@H](O)[C@@H](O)[C@@H]5O[C@@H]5O[C@@H](C)[C@H](O)[C@@H](O)[C@H]5O)CC[C@]4(C)[C@H]3CC[C@@]21C. The standard InChI is InChI=1S/C49H84O18/c1-10-27(20(2)3)30(52)17-21(4)32-42(63-24(7)51)43(66-45-40(59)37(56)34(53)22(5)61-45)33-28-12-11-25-18-26(13-15-48(25,8)29(28)14-16-49(32,33)9)64-47-44(39(58)36(55)31(19-50)65-47)67-46-41(60)38(57)35(54)23(6)62-46/h20-23,25-47,50,52-60H,10-19H2,1-9H3/t21-,22+,23+,25+,26+,27?,28-,29+,30?,31+,32+,33-,34+,35+,36+,37-,38-,39-,40-,41-,42-,43+,44+,45+,46+,47+,48+,49-/m1/s1. The van der Waals surface area contributed by atoms with Crippen molar-refractivity contribution in [1.82, 2.24) is 0 Å². The first-order valence-electron chi connectivity index (χ1n) is 25.3. The Labute approximate surface area is 395 Å². The lowest BCUT2D eigenvalue weighted by atomic mass is 9.44. The van der Waals surface area contributed by atoms with Crippen LogP contribution < -0.4 is 0 Å². The summed E-state index contributed by atoms with van der Waals surface area (Å²) >= 11 is 0. The van der Waals surface area contributed by atoms with Gasteiger partial charge in [-0.25, -0.2) is 0 Å². The van der Waals surface area contributed by atoms with Crippen molar-refractivity contribution in [2.24, 2.45) is 58.2 Å². The minimum absolute atomic E-state index is 0.0828. The molecule has 3 aliphatic heterocycles. The predicted octanol–water partition coefficient (Wildman–Crippen LogP) is 1.12. The summed E-state index contributed by atoms with van der Waals surface area (Å²) in [6, 6.07) is 0. The minimum atomic E-state index is -1.68. The molecule has 0 bridgehead atoms. The first-order valence-corrected chi connectivity index (χ1v) is 25.3. The molecule has 0 aromatic carbocycles. The summed E-state index contributed by atoms with van der Waals surface area (Å²) in [7, 11) is 0. The van der Waals surface area contributed by atoms with Crippen LogP contribution in [0.15, 0.2) is 0 Å². The quantitative estimate of drug-likeness (QED) is 0.0863. The highest BCUT2D eigenvalue weighted by Crippen LogP contribution is 2.69. The number of aliphatic hydroxyl groups is 10. The van der Waals surface area contributed by atoms with Crippen LogP contribution >= 0.6 is 0 Å². The second-order valence-corrected chi connectivity index (χ2v) is 22.6. The van der Waals surface area contributed by atoms with E-state index in [2.05, 4.69) is 41.5 Å². The third-order valence-corrected chi connectivity index (χ3v) is 18.4. The molecule has 388 valence electrons. The Balaban J connectivity index is 1.15. The molecule has 0 spiro atoms. The Morgan fingerprint density at radius 1 is 0.687 bits per heavy atom. The molecule has 7 fully saturated rings. The maximum Gasteiger partial charge on any atom is 0.303 e. The maximum absolute atomic E-state index is 13.1. The normalized spacial score (nSPS) is 51.6. The summed E-state index contributed by atoms with van der Waals surface area (Å²) in [6.07, 6.45) is -16.6. The topological polar surface area (TPSA) is 284 Å². The number of aliphatic hydroxyl groups excluding tert-OH is 10. The molecule has 18 heteroatoms. The molecule has 7 rings (SSSR count). The van der Waals surface area contributed by atoms with Crippen LogP contribution in [0.1, 0.15) is 120 Å². The maximum atomic E-state index is 13.1. The van der Waals surface area contributed by atoms with Gasteiger partial charge < -0.3 is 84.2 Å². The smallest absolute Gasteiger partial charge is 0.303 e. The lowest BCUT2D eigenvalue weighted by molar-refractivity contribution is -0.371. The Kier molecular flexibility index (Phi) is 16.9. The molecule has 3 saturated heterocycles. The van der Waals surface area contributed by atoms with Crippen LogP contribution in [0.4, 0.5) is 0 Å². The van der Waals surface area contributed by atoms with E-state index < -0.39 is 128 Å². The fourth-order valence-corrected chi connectivity index (χ4v) is 14.8. The van der Waals surface area contributed by atoms with Gasteiger partial charge in [0.25, 0.3) is 0 Å². The number of fused-ring (bicyclic) bond motifs is 5. The number of carbonyl (C=O) groups excluding carboxylic acids is 1. The molecule has 0 aromatic heterocycles. The summed E-state index contributed by atoms with van der Waals surface area (Å²) in [5.41, 5.74) is -0.604. The fraction of sp³-hybridized carbons (Fsp3) is 0.980. The number of hydrogen-bond acceptors (Lipinski definition) is 18. The van der Waals surface area contributed by atoms with Crippen molar-refractivity contribution in [2.75, 3.05) is 6.61 Å². The highest BCUT2D eigenvalue weighted by Gasteiger charge is 2.69. The van der Waals surface area contributed by atoms with Crippen LogP contribution in [0, 0.1) is 58.2 Å². The van der Waals surface area contributed by atoms with Crippen molar-refractivity contribution in [2.45, 2.75) is 237 Å². The van der Waals surface area contributed by atoms with Crippen LogP contribution in [0.2, 0.25) is 0 Å². The molecule has 67 heavy (non-hydrogen) atoms. The van der Waals surface area contributed by atoms with Crippen molar-refractivity contribution >= 4 is 5.97 Å². The Morgan fingerprint density at radius 3 is 1.82 bits per heavy atom. The van der Waals surface area contributed by atoms with Gasteiger partial charge in [-0.15, -0.1) is 0 Å². The molecule has 28 atom stereocenters. The molecule has 0 aromatic rings. The Morgan fingerprint density at radius 2 is 1.27 bits per heavy atom. The largest absolute Gasteiger partial charge is 0.459 e. The zero-order valence-corrected chi connectivity index (χ0v) is 40.9. The third kappa shape index (κ3) is 10.0. The van der Waals surface area contributed by atoms with E-state index in [-0.39, 0.29) is 58.9 Å². The van der Waals surface area contributed by atoms with Gasteiger partial charge in [-0.3, -0.25) is 4.79 Å². The molecular formula is C49H84O18. The number of hydrogen-bond donors (Lipinski definition) is 10. The van der Waals surface area contributed by atoms with Crippen molar-refractivity contribution in [3.8, 4) is 0 Å². The van der Waals surface area contributed by atoms with Crippen LogP contribution in [0.25, 0.3) is 0 Å². The third-order valence-electron chi connectivity index (χ3n) is 18.4. The van der Waals surface area contributed by atoms with Gasteiger partial charge >= 0.3 is 5.97 Å². The lowest BCUT2D eigenvalue weighted by Gasteiger charge is -2.61. The van der Waals surface area contributed by atoms with Crippen LogP contribution in [0.3, 0.4) is 0 Å². The zero-order chi connectivity index (χ0) is 49.2. The van der Waals surface area contributed by atoms with Crippen molar-refractivity contribution in [3.05, 3.63) is 0 Å². The molecule has 7 aliphatic rings. The molecule has 0 radical (unpaired) electrons. The Hall–Kier alpha value is -1.17. The predicted molar refractivity (Wildman–Crippen MR) is 237 cm³/mol. The van der Waals surface area contributed by atoms with Gasteiger partial charge in [-0.2, -0.15) is 0 Å². The van der Waals surface area contributed by atoms with Gasteiger partial charge in [-0.05, 0) is 117 Å². The fourth-order valence-electron chi connectivity index (χ4n) is 14.8. The summed E-state index contributed by atoms with van der Waals surface area (Å²) in [4.78, 5) is 13.1. The number of ether oxygens (including phenoxy) is 7. The van der Waals surface area contributed by atoms with Crippen LogP contribution in [-0.4, -0.2) is 180 Å². The van der Waals surface area contributed by atoms with E-state index in [4.69, 9.17) is 33.2 Å². The first-order chi connectivity index (χ1) is 31.5. The highest BCUT2D eigenvalue weighted by molar-refractivity contribution is 5.66. The lowest BCUT2D eigenvalue weighted by Crippen LogP contribution is -2.64. The number of rotatable bonds is 14. The summed E-state index contributed by atoms with van der Waals surface area (Å²) < 4.78 is 43.7. The van der Waals surface area contributed by atoms with E-state index in [1.807, 2.05) is 0 Å². The van der Waals surface area contributed by atoms with Gasteiger partial charge in [-0.1, -0.05) is 48.0 Å². The molecular weight excluding hydrogens is 877 g/mol. The van der Waals surface area contributed by atoms with Gasteiger partial charge in [0.1, 0.15) is 73.2 Å². The van der Waals surface area contributed by atoms with Crippen molar-refractivity contribution < 1.29 is 89.0 Å². The van der Waals surface area contributed by atoms with Crippen LogP contribution in [0.5, 0.6) is 0 Å². The van der Waals surface area contributed by atoms with Gasteiger partial charge in [0.2, 0.25) is 0 Å². The van der Waals surface area contributed by atoms with Crippen LogP contribution in [-0.2, 0) is 38.0 Å². The summed E-state index contributed by atoms with van der Waals surface area (Å²) in [5.74, 6) is -0.143. The van der Waals surface area contributed by atoms with Crippen molar-refractivity contribution in [1.29, 1.82) is 0 Å². The number of carbonyl (C=O) groups is 1. The molecule has 18 nitrogen and oxygen atoms in total. The van der Waals surface area contributed by atoms with Gasteiger partial charge in [0, 0.05) is 12.8 Å². The molecule has 0 amide bonds. The first kappa shape index (κ1) is 53.6. The van der Waals surface area contributed by atoms with E-state index in [0.29, 0.717) is 19.3 Å². The second-order valence-electron chi connectivity index (χ2n) is 22.6. The Bertz CT molecular complexity index is 1640. The molecule has 10 N–H and O–H groups in total. The monoisotopic (exact) mass is 961 g/mol. The van der Waals surface area contributed by atoms with E-state index in [1.54, 1.807) is 6.92 Å². The average Bonchev–Trinajstić information content (AvgIpc) is 3.51. The van der Waals surface area contributed by atoms with E-state index in [0.717, 1.165) is 38.5 Å². The van der Waals surface area contributed by atoms with E-state index in [1.165, 1.54) is 13.8 Å². The van der Waals surface area contributed by atoms with Crippen molar-refractivity contribution in [3.63, 3.8) is 0 Å². The molecule has 4 aliphatic carbocycles. The van der Waals surface area contributed by atoms with Gasteiger partial charge in [0.05, 0.1) is 31.0 Å². The second kappa shape index (κ2) is 21.1. The van der Waals surface area contributed by atoms with E-state index in [9.17, 15) is 55.9 Å². The average molecular weight is 961 g/mol. The van der Waals surface area contributed by atoms with E-state index >= 15 is 0 Å².